The first-order valence-corrected chi connectivity index (χ1v) is 18.1. The van der Waals surface area contributed by atoms with Crippen molar-refractivity contribution in [2.24, 2.45) is 10.8 Å². The molecule has 234 valence electrons. The minimum atomic E-state index is 0.0418. The van der Waals surface area contributed by atoms with Crippen LogP contribution in [0.25, 0.3) is 16.7 Å². The molecule has 0 saturated heterocycles. The summed E-state index contributed by atoms with van der Waals surface area (Å²) in [6, 6.07) is 16.6. The van der Waals surface area contributed by atoms with Crippen molar-refractivity contribution >= 4 is 5.57 Å². The summed E-state index contributed by atoms with van der Waals surface area (Å²) in [5, 5.41) is 0. The average Bonchev–Trinajstić information content (AvgIpc) is 3.11. The molecule has 4 rings (SSSR count). The van der Waals surface area contributed by atoms with Crippen molar-refractivity contribution in [3.63, 3.8) is 0 Å². The summed E-state index contributed by atoms with van der Waals surface area (Å²) in [6.45, 7) is 16.5. The molecule has 0 heteroatoms. The minimum absolute atomic E-state index is 0.0418. The highest BCUT2D eigenvalue weighted by Gasteiger charge is 2.45. The fraction of sp³-hybridized carbons (Fsp3) is 0.581. The number of hydrogen-bond donors (Lipinski definition) is 0. The van der Waals surface area contributed by atoms with Gasteiger partial charge in [0, 0.05) is 10.8 Å². The SMILES string of the molecule is CCCCCCCCC1(CCCCCCCC)C2=C(C=CC(C)(C(C)(C)CC)C=C2)c2ccc(-c3ccc(C)cc3)cc21. The number of allylic oxidation sites excluding steroid dienone is 6. The predicted molar refractivity (Wildman–Crippen MR) is 192 cm³/mol. The van der Waals surface area contributed by atoms with Crippen molar-refractivity contribution in [1.82, 2.24) is 0 Å². The molecule has 0 bridgehead atoms. The number of unbranched alkanes of at least 4 members (excludes halogenated alkanes) is 10. The Morgan fingerprint density at radius 2 is 1.16 bits per heavy atom. The number of rotatable bonds is 17. The topological polar surface area (TPSA) is 0 Å². The third-order valence-electron chi connectivity index (χ3n) is 11.5. The molecule has 2 aliphatic carbocycles. The smallest absolute Gasteiger partial charge is 0.0215 e. The van der Waals surface area contributed by atoms with E-state index in [1.165, 1.54) is 124 Å². The Balaban J connectivity index is 1.78. The Morgan fingerprint density at radius 1 is 0.628 bits per heavy atom. The number of hydrogen-bond acceptors (Lipinski definition) is 0. The highest BCUT2D eigenvalue weighted by molar-refractivity contribution is 5.90. The standard InChI is InChI=1S/C43H62/c1-8-11-13-15-17-19-29-43(30-20-18-16-14-12-9-2)39-28-32-42(7,41(5,6)10-3)31-27-38(39)37-26-25-36(33-40(37)43)35-23-21-34(4)22-24-35/h21-28,31-33H,8-20,29-30H2,1-7H3. The Kier molecular flexibility index (Phi) is 11.8. The van der Waals surface area contributed by atoms with Gasteiger partial charge >= 0.3 is 0 Å². The van der Waals surface area contributed by atoms with E-state index >= 15 is 0 Å². The van der Waals surface area contributed by atoms with Gasteiger partial charge in [-0.25, -0.2) is 0 Å². The van der Waals surface area contributed by atoms with Gasteiger partial charge in [-0.2, -0.15) is 0 Å². The van der Waals surface area contributed by atoms with Gasteiger partial charge in [-0.1, -0.05) is 185 Å². The maximum Gasteiger partial charge on any atom is 0.0215 e. The molecule has 1 atom stereocenters. The van der Waals surface area contributed by atoms with E-state index in [0.717, 1.165) is 0 Å². The average molecular weight is 579 g/mol. The van der Waals surface area contributed by atoms with Gasteiger partial charge in [-0.05, 0) is 71.1 Å². The van der Waals surface area contributed by atoms with Gasteiger partial charge in [0.25, 0.3) is 0 Å². The molecule has 0 amide bonds. The van der Waals surface area contributed by atoms with E-state index in [2.05, 4.69) is 115 Å². The Bertz CT molecular complexity index is 1250. The zero-order valence-corrected chi connectivity index (χ0v) is 29.0. The van der Waals surface area contributed by atoms with Crippen LogP contribution >= 0.6 is 0 Å². The van der Waals surface area contributed by atoms with Crippen LogP contribution in [0.2, 0.25) is 0 Å². The summed E-state index contributed by atoms with van der Waals surface area (Å²) in [5.41, 5.74) is 10.6. The molecule has 2 aliphatic rings. The van der Waals surface area contributed by atoms with Crippen LogP contribution < -0.4 is 0 Å². The molecular weight excluding hydrogens is 516 g/mol. The molecular formula is C43H62. The van der Waals surface area contributed by atoms with Crippen LogP contribution in [0.5, 0.6) is 0 Å². The van der Waals surface area contributed by atoms with Crippen LogP contribution in [0.3, 0.4) is 0 Å². The lowest BCUT2D eigenvalue weighted by atomic mass is 9.64. The third kappa shape index (κ3) is 7.49. The summed E-state index contributed by atoms with van der Waals surface area (Å²) >= 11 is 0. The Hall–Kier alpha value is -2.34. The van der Waals surface area contributed by atoms with E-state index < -0.39 is 0 Å². The van der Waals surface area contributed by atoms with Crippen LogP contribution in [0.4, 0.5) is 0 Å². The highest BCUT2D eigenvalue weighted by atomic mass is 14.5. The van der Waals surface area contributed by atoms with Gasteiger partial charge in [-0.15, -0.1) is 0 Å². The molecule has 0 fully saturated rings. The van der Waals surface area contributed by atoms with Crippen molar-refractivity contribution in [2.45, 2.75) is 150 Å². The number of fused-ring (bicyclic) bond motifs is 2. The molecule has 0 radical (unpaired) electrons. The van der Waals surface area contributed by atoms with Crippen molar-refractivity contribution in [1.29, 1.82) is 0 Å². The van der Waals surface area contributed by atoms with Crippen LogP contribution in [0.15, 0.2) is 72.3 Å². The maximum atomic E-state index is 2.60. The van der Waals surface area contributed by atoms with Crippen LogP contribution in [0.1, 0.15) is 155 Å². The molecule has 2 aromatic rings. The third-order valence-corrected chi connectivity index (χ3v) is 11.5. The summed E-state index contributed by atoms with van der Waals surface area (Å²) in [5.74, 6) is 0. The van der Waals surface area contributed by atoms with Crippen LogP contribution in [0, 0.1) is 17.8 Å². The van der Waals surface area contributed by atoms with Crippen molar-refractivity contribution in [2.75, 3.05) is 0 Å². The lowest BCUT2D eigenvalue weighted by molar-refractivity contribution is 0.190. The zero-order chi connectivity index (χ0) is 30.9. The van der Waals surface area contributed by atoms with Gasteiger partial charge in [-0.3, -0.25) is 0 Å². The largest absolute Gasteiger partial charge is 0.0739 e. The summed E-state index contributed by atoms with van der Waals surface area (Å²) in [6.07, 6.45) is 30.2. The van der Waals surface area contributed by atoms with Gasteiger partial charge in [0.15, 0.2) is 0 Å². The zero-order valence-electron chi connectivity index (χ0n) is 29.0. The molecule has 0 heterocycles. The van der Waals surface area contributed by atoms with E-state index in [1.54, 1.807) is 11.1 Å². The van der Waals surface area contributed by atoms with E-state index in [0.29, 0.717) is 0 Å². The van der Waals surface area contributed by atoms with Crippen LogP contribution in [-0.4, -0.2) is 0 Å². The molecule has 0 aromatic heterocycles. The maximum absolute atomic E-state index is 2.60. The van der Waals surface area contributed by atoms with Gasteiger partial charge < -0.3 is 0 Å². The molecule has 1 unspecified atom stereocenters. The lowest BCUT2D eigenvalue weighted by Crippen LogP contribution is -2.31. The van der Waals surface area contributed by atoms with Gasteiger partial charge in [0.2, 0.25) is 0 Å². The van der Waals surface area contributed by atoms with Crippen molar-refractivity contribution < 1.29 is 0 Å². The van der Waals surface area contributed by atoms with Crippen molar-refractivity contribution in [3.05, 3.63) is 89.0 Å². The van der Waals surface area contributed by atoms with E-state index in [4.69, 9.17) is 0 Å². The molecule has 0 nitrogen and oxygen atoms in total. The lowest BCUT2D eigenvalue weighted by Gasteiger charge is -2.40. The molecule has 0 aliphatic heterocycles. The summed E-state index contributed by atoms with van der Waals surface area (Å²) in [7, 11) is 0. The highest BCUT2D eigenvalue weighted by Crippen LogP contribution is 2.56. The molecule has 43 heavy (non-hydrogen) atoms. The second kappa shape index (κ2) is 15.1. The Morgan fingerprint density at radius 3 is 1.74 bits per heavy atom. The van der Waals surface area contributed by atoms with E-state index in [9.17, 15) is 0 Å². The molecule has 0 N–H and O–H groups in total. The molecule has 0 spiro atoms. The quantitative estimate of drug-likeness (QED) is 0.164. The van der Waals surface area contributed by atoms with Gasteiger partial charge in [0.1, 0.15) is 0 Å². The van der Waals surface area contributed by atoms with Crippen molar-refractivity contribution in [3.8, 4) is 11.1 Å². The first-order valence-electron chi connectivity index (χ1n) is 18.1. The first-order chi connectivity index (χ1) is 20.7. The normalized spacial score (nSPS) is 19.0. The van der Waals surface area contributed by atoms with E-state index in [-0.39, 0.29) is 16.2 Å². The summed E-state index contributed by atoms with van der Waals surface area (Å²) in [4.78, 5) is 0. The van der Waals surface area contributed by atoms with Gasteiger partial charge in [0.05, 0.1) is 0 Å². The molecule has 0 saturated carbocycles. The minimum Gasteiger partial charge on any atom is -0.0739 e. The second-order valence-electron chi connectivity index (χ2n) is 14.8. The fourth-order valence-electron chi connectivity index (χ4n) is 7.56. The summed E-state index contributed by atoms with van der Waals surface area (Å²) < 4.78 is 0. The van der Waals surface area contributed by atoms with E-state index in [1.807, 2.05) is 0 Å². The number of aryl methyl sites for hydroxylation is 1. The number of benzene rings is 2. The second-order valence-corrected chi connectivity index (χ2v) is 14.8. The Labute approximate surface area is 266 Å². The molecule has 2 aromatic carbocycles. The monoisotopic (exact) mass is 578 g/mol. The van der Waals surface area contributed by atoms with Crippen LogP contribution in [-0.2, 0) is 5.41 Å². The predicted octanol–water partition coefficient (Wildman–Crippen LogP) is 13.7. The first kappa shape index (κ1) is 33.6. The fourth-order valence-corrected chi connectivity index (χ4v) is 7.56.